The summed E-state index contributed by atoms with van der Waals surface area (Å²) in [5, 5.41) is 7.35. The number of alkyl carbamates (subject to hydrolysis) is 1. The number of carbonyl (C=O) groups excluding carboxylic acids is 3. The lowest BCUT2D eigenvalue weighted by Crippen LogP contribution is -2.36. The van der Waals surface area contributed by atoms with Crippen molar-refractivity contribution in [1.82, 2.24) is 10.5 Å². The second-order valence-electron chi connectivity index (χ2n) is 10.9. The molecule has 3 aromatic rings. The third kappa shape index (κ3) is 7.68. The topological polar surface area (TPSA) is 108 Å². The predicted molar refractivity (Wildman–Crippen MR) is 144 cm³/mol. The van der Waals surface area contributed by atoms with Gasteiger partial charge in [-0.25, -0.2) is 4.79 Å². The summed E-state index contributed by atoms with van der Waals surface area (Å²) in [6.45, 7) is 12.2. The number of rotatable bonds is 7. The Morgan fingerprint density at radius 2 is 1.55 bits per heavy atom. The molecular formula is C29H33ClN2O6. The molecule has 3 rings (SSSR count). The van der Waals surface area contributed by atoms with Gasteiger partial charge in [0.2, 0.25) is 0 Å². The second kappa shape index (κ2) is 11.4. The highest BCUT2D eigenvalue weighted by atomic mass is 35.5. The second-order valence-corrected chi connectivity index (χ2v) is 11.3. The van der Waals surface area contributed by atoms with E-state index in [2.05, 4.69) is 10.5 Å². The lowest BCUT2D eigenvalue weighted by atomic mass is 9.91. The molecule has 1 amide bonds. The molecule has 0 unspecified atom stereocenters. The highest BCUT2D eigenvalue weighted by Gasteiger charge is 2.32. The summed E-state index contributed by atoms with van der Waals surface area (Å²) in [5.41, 5.74) is 0.875. The highest BCUT2D eigenvalue weighted by Crippen LogP contribution is 2.36. The molecule has 1 N–H and O–H groups in total. The minimum Gasteiger partial charge on any atom is -0.460 e. The zero-order chi connectivity index (χ0) is 28.3. The number of nitrogens with one attached hydrogen (secondary N) is 1. The number of benzene rings is 2. The molecule has 0 bridgehead atoms. The Balaban J connectivity index is 2.07. The van der Waals surface area contributed by atoms with Crippen molar-refractivity contribution in [3.05, 3.63) is 76.1 Å². The van der Waals surface area contributed by atoms with Crippen molar-refractivity contribution in [2.24, 2.45) is 0 Å². The standard InChI is InChI=1S/C29H33ClN2O6/c1-17-24(20-10-8-9-11-21(20)25(34)18-12-14-19(30)15-13-18)26(38-32-17)22(16-23(33)36-28(2,3)4)31-27(35)37-29(5,6)7/h8-15,22H,16H2,1-7H3,(H,31,35)/t22-/m0/s1. The van der Waals surface area contributed by atoms with E-state index < -0.39 is 29.3 Å². The number of ketones is 1. The van der Waals surface area contributed by atoms with Crippen LogP contribution in [-0.2, 0) is 14.3 Å². The molecule has 0 radical (unpaired) electrons. The lowest BCUT2D eigenvalue weighted by Gasteiger charge is -2.24. The van der Waals surface area contributed by atoms with E-state index in [9.17, 15) is 14.4 Å². The number of hydrogen-bond acceptors (Lipinski definition) is 7. The van der Waals surface area contributed by atoms with E-state index in [1.54, 1.807) is 97.0 Å². The summed E-state index contributed by atoms with van der Waals surface area (Å²) < 4.78 is 16.6. The van der Waals surface area contributed by atoms with Crippen LogP contribution >= 0.6 is 11.6 Å². The van der Waals surface area contributed by atoms with E-state index in [4.69, 9.17) is 25.6 Å². The Bertz CT molecular complexity index is 1290. The fourth-order valence-electron chi connectivity index (χ4n) is 3.82. The van der Waals surface area contributed by atoms with Crippen LogP contribution in [-0.4, -0.2) is 34.2 Å². The van der Waals surface area contributed by atoms with Crippen LogP contribution in [0.5, 0.6) is 0 Å². The molecule has 8 nitrogen and oxygen atoms in total. The Morgan fingerprint density at radius 1 is 0.947 bits per heavy atom. The van der Waals surface area contributed by atoms with Crippen LogP contribution in [0, 0.1) is 6.92 Å². The van der Waals surface area contributed by atoms with Crippen molar-refractivity contribution >= 4 is 29.4 Å². The molecule has 0 aliphatic rings. The Labute approximate surface area is 227 Å². The minimum atomic E-state index is -0.977. The van der Waals surface area contributed by atoms with Crippen LogP contribution < -0.4 is 5.32 Å². The molecule has 2 aromatic carbocycles. The molecule has 0 aliphatic heterocycles. The van der Waals surface area contributed by atoms with Gasteiger partial charge >= 0.3 is 12.1 Å². The van der Waals surface area contributed by atoms with Gasteiger partial charge in [-0.05, 0) is 78.3 Å². The lowest BCUT2D eigenvalue weighted by molar-refractivity contribution is -0.155. The normalized spacial score (nSPS) is 12.5. The van der Waals surface area contributed by atoms with Gasteiger partial charge in [0.25, 0.3) is 0 Å². The Kier molecular flexibility index (Phi) is 8.67. The number of esters is 1. The molecule has 38 heavy (non-hydrogen) atoms. The number of hydrogen-bond donors (Lipinski definition) is 1. The SMILES string of the molecule is Cc1noc([C@H](CC(=O)OC(C)(C)C)NC(=O)OC(C)(C)C)c1-c1ccccc1C(=O)c1ccc(Cl)cc1. The quantitative estimate of drug-likeness (QED) is 0.258. The van der Waals surface area contributed by atoms with Crippen molar-refractivity contribution in [1.29, 1.82) is 0 Å². The van der Waals surface area contributed by atoms with Gasteiger partial charge in [0.05, 0.1) is 17.7 Å². The molecule has 0 saturated heterocycles. The average molecular weight is 541 g/mol. The van der Waals surface area contributed by atoms with Gasteiger partial charge in [0.15, 0.2) is 11.5 Å². The van der Waals surface area contributed by atoms with E-state index >= 15 is 0 Å². The number of aromatic nitrogens is 1. The molecule has 0 aliphatic carbocycles. The highest BCUT2D eigenvalue weighted by molar-refractivity contribution is 6.30. The van der Waals surface area contributed by atoms with E-state index in [-0.39, 0.29) is 18.0 Å². The van der Waals surface area contributed by atoms with Gasteiger partial charge in [0, 0.05) is 16.1 Å². The molecule has 9 heteroatoms. The number of halogens is 1. The molecule has 1 aromatic heterocycles. The molecule has 1 heterocycles. The first kappa shape index (κ1) is 28.9. The zero-order valence-electron chi connectivity index (χ0n) is 22.7. The number of carbonyl (C=O) groups is 3. The van der Waals surface area contributed by atoms with Gasteiger partial charge in [-0.3, -0.25) is 9.59 Å². The maximum Gasteiger partial charge on any atom is 0.408 e. The van der Waals surface area contributed by atoms with Gasteiger partial charge < -0.3 is 19.3 Å². The van der Waals surface area contributed by atoms with Crippen molar-refractivity contribution < 1.29 is 28.4 Å². The third-order valence-electron chi connectivity index (χ3n) is 5.23. The van der Waals surface area contributed by atoms with E-state index in [0.717, 1.165) is 0 Å². The van der Waals surface area contributed by atoms with Gasteiger partial charge in [-0.1, -0.05) is 41.0 Å². The average Bonchev–Trinajstić information content (AvgIpc) is 3.17. The van der Waals surface area contributed by atoms with E-state index in [0.29, 0.717) is 33.0 Å². The van der Waals surface area contributed by atoms with Crippen LogP contribution in [0.25, 0.3) is 11.1 Å². The van der Waals surface area contributed by atoms with Crippen molar-refractivity contribution in [3.63, 3.8) is 0 Å². The maximum atomic E-state index is 13.5. The fraction of sp³-hybridized carbons (Fsp3) is 0.379. The van der Waals surface area contributed by atoms with Crippen LogP contribution in [0.15, 0.2) is 53.1 Å². The van der Waals surface area contributed by atoms with Crippen molar-refractivity contribution in [2.45, 2.75) is 72.1 Å². The van der Waals surface area contributed by atoms with Crippen LogP contribution in [0.1, 0.15) is 81.4 Å². The number of amides is 1. The first-order valence-corrected chi connectivity index (χ1v) is 12.6. The molecular weight excluding hydrogens is 508 g/mol. The summed E-state index contributed by atoms with van der Waals surface area (Å²) in [5.74, 6) is -0.577. The van der Waals surface area contributed by atoms with Crippen LogP contribution in [0.3, 0.4) is 0 Å². The summed E-state index contributed by atoms with van der Waals surface area (Å²) in [7, 11) is 0. The fourth-order valence-corrected chi connectivity index (χ4v) is 3.94. The summed E-state index contributed by atoms with van der Waals surface area (Å²) in [4.78, 5) is 39.0. The number of nitrogens with zero attached hydrogens (tertiary/aromatic N) is 1. The molecule has 202 valence electrons. The minimum absolute atomic E-state index is 0.204. The first-order valence-electron chi connectivity index (χ1n) is 12.2. The molecule has 1 atom stereocenters. The van der Waals surface area contributed by atoms with Crippen molar-refractivity contribution in [2.75, 3.05) is 0 Å². The summed E-state index contributed by atoms with van der Waals surface area (Å²) in [6.07, 6.45) is -0.984. The molecule has 0 saturated carbocycles. The maximum absolute atomic E-state index is 13.5. The Hall–Kier alpha value is -3.65. The number of ether oxygens (including phenoxy) is 2. The monoisotopic (exact) mass is 540 g/mol. The van der Waals surface area contributed by atoms with E-state index in [1.807, 2.05) is 0 Å². The van der Waals surface area contributed by atoms with E-state index in [1.165, 1.54) is 0 Å². The molecule has 0 spiro atoms. The van der Waals surface area contributed by atoms with Gasteiger partial charge in [0.1, 0.15) is 17.2 Å². The predicted octanol–water partition coefficient (Wildman–Crippen LogP) is 6.83. The zero-order valence-corrected chi connectivity index (χ0v) is 23.4. The van der Waals surface area contributed by atoms with Crippen LogP contribution in [0.2, 0.25) is 5.02 Å². The third-order valence-corrected chi connectivity index (χ3v) is 5.49. The van der Waals surface area contributed by atoms with Crippen molar-refractivity contribution in [3.8, 4) is 11.1 Å². The first-order chi connectivity index (χ1) is 17.6. The van der Waals surface area contributed by atoms with Gasteiger partial charge in [-0.15, -0.1) is 0 Å². The summed E-state index contributed by atoms with van der Waals surface area (Å²) in [6, 6.07) is 12.6. The van der Waals surface area contributed by atoms with Crippen LogP contribution in [0.4, 0.5) is 4.79 Å². The largest absolute Gasteiger partial charge is 0.460 e. The number of aryl methyl sites for hydroxylation is 1. The van der Waals surface area contributed by atoms with Gasteiger partial charge in [-0.2, -0.15) is 0 Å². The molecule has 0 fully saturated rings. The Morgan fingerprint density at radius 3 is 2.16 bits per heavy atom. The summed E-state index contributed by atoms with van der Waals surface area (Å²) >= 11 is 6.00. The smallest absolute Gasteiger partial charge is 0.408 e.